The van der Waals surface area contributed by atoms with Crippen LogP contribution in [0.2, 0.25) is 0 Å². The molecule has 4 heterocycles. The number of rotatable bonds is 5. The van der Waals surface area contributed by atoms with E-state index < -0.39 is 0 Å². The third-order valence-electron chi connectivity index (χ3n) is 4.91. The second-order valence-corrected chi connectivity index (χ2v) is 7.78. The highest BCUT2D eigenvalue weighted by molar-refractivity contribution is 7.09. The molecule has 6 nitrogen and oxygen atoms in total. The fourth-order valence-electron chi connectivity index (χ4n) is 3.55. The van der Waals surface area contributed by atoms with Gasteiger partial charge in [0.25, 0.3) is 0 Å². The van der Waals surface area contributed by atoms with Crippen LogP contribution in [0.4, 0.5) is 0 Å². The van der Waals surface area contributed by atoms with Crippen LogP contribution in [-0.4, -0.2) is 25.0 Å². The summed E-state index contributed by atoms with van der Waals surface area (Å²) in [4.78, 5) is 16.1. The summed E-state index contributed by atoms with van der Waals surface area (Å²) in [5, 5.41) is 6.34. The molecule has 1 aliphatic heterocycles. The minimum absolute atomic E-state index is 0.0416. The van der Waals surface area contributed by atoms with Crippen LogP contribution in [0.3, 0.4) is 0 Å². The van der Waals surface area contributed by atoms with Gasteiger partial charge in [-0.1, -0.05) is 41.6 Å². The second-order valence-electron chi connectivity index (χ2n) is 6.74. The zero-order chi connectivity index (χ0) is 18.1. The second kappa shape index (κ2) is 7.09. The summed E-state index contributed by atoms with van der Waals surface area (Å²) < 4.78 is 5.68. The van der Waals surface area contributed by atoms with Crippen LogP contribution in [0.25, 0.3) is 0 Å². The Balaban J connectivity index is 1.41. The molecule has 0 unspecified atom stereocenters. The van der Waals surface area contributed by atoms with E-state index in [9.17, 15) is 0 Å². The number of hydrogen-bond donors (Lipinski definition) is 1. The first-order valence-electron chi connectivity index (χ1n) is 8.99. The SMILES string of the molecule is c1ccc(Cc2noc([C@@H]3Cc4nc[nH]c4CN3Cc3cccs3)n2)cc1. The molecule has 0 saturated heterocycles. The van der Waals surface area contributed by atoms with Crippen molar-refractivity contribution < 1.29 is 4.52 Å². The standard InChI is InChI=1S/C20H19N5OS/c1-2-5-14(6-3-1)9-19-23-20(26-24-19)18-10-16-17(22-13-21-16)12-25(18)11-15-7-4-8-27-15/h1-8,13,18H,9-12H2,(H,21,22)/t18-/m0/s1. The van der Waals surface area contributed by atoms with Gasteiger partial charge in [-0.15, -0.1) is 11.3 Å². The van der Waals surface area contributed by atoms with Gasteiger partial charge in [-0.25, -0.2) is 4.98 Å². The lowest BCUT2D eigenvalue weighted by Crippen LogP contribution is -2.34. The highest BCUT2D eigenvalue weighted by Gasteiger charge is 2.33. The van der Waals surface area contributed by atoms with Gasteiger partial charge in [0.15, 0.2) is 5.82 Å². The molecule has 1 aromatic carbocycles. The molecule has 0 saturated carbocycles. The number of aromatic amines is 1. The van der Waals surface area contributed by atoms with E-state index in [0.717, 1.165) is 31.0 Å². The van der Waals surface area contributed by atoms with E-state index in [1.54, 1.807) is 17.7 Å². The maximum atomic E-state index is 5.68. The Morgan fingerprint density at radius 3 is 2.96 bits per heavy atom. The Morgan fingerprint density at radius 1 is 1.19 bits per heavy atom. The largest absolute Gasteiger partial charge is 0.347 e. The van der Waals surface area contributed by atoms with Crippen LogP contribution in [-0.2, 0) is 25.9 Å². The molecular formula is C20H19N5OS. The molecule has 3 aromatic heterocycles. The summed E-state index contributed by atoms with van der Waals surface area (Å²) in [5.41, 5.74) is 3.44. The molecule has 0 aliphatic carbocycles. The fourth-order valence-corrected chi connectivity index (χ4v) is 4.28. The van der Waals surface area contributed by atoms with E-state index in [4.69, 9.17) is 9.51 Å². The van der Waals surface area contributed by atoms with Gasteiger partial charge in [0, 0.05) is 30.8 Å². The third-order valence-corrected chi connectivity index (χ3v) is 5.77. The third kappa shape index (κ3) is 3.43. The van der Waals surface area contributed by atoms with E-state index in [1.807, 2.05) is 18.2 Å². The number of nitrogens with zero attached hydrogens (tertiary/aromatic N) is 4. The first-order valence-corrected chi connectivity index (χ1v) is 9.87. The van der Waals surface area contributed by atoms with Crippen LogP contribution >= 0.6 is 11.3 Å². The zero-order valence-electron chi connectivity index (χ0n) is 14.7. The Labute approximate surface area is 160 Å². The van der Waals surface area contributed by atoms with E-state index in [2.05, 4.69) is 49.7 Å². The summed E-state index contributed by atoms with van der Waals surface area (Å²) in [5.74, 6) is 1.39. The van der Waals surface area contributed by atoms with E-state index in [0.29, 0.717) is 12.3 Å². The van der Waals surface area contributed by atoms with Gasteiger partial charge < -0.3 is 9.51 Å². The lowest BCUT2D eigenvalue weighted by atomic mass is 10.0. The Bertz CT molecular complexity index is 1010. The van der Waals surface area contributed by atoms with Crippen molar-refractivity contribution in [2.45, 2.75) is 32.0 Å². The topological polar surface area (TPSA) is 70.8 Å². The minimum atomic E-state index is 0.0416. The number of fused-ring (bicyclic) bond motifs is 1. The summed E-state index contributed by atoms with van der Waals surface area (Å²) in [7, 11) is 0. The molecule has 0 bridgehead atoms. The van der Waals surface area contributed by atoms with Crippen LogP contribution in [0.5, 0.6) is 0 Å². The molecular weight excluding hydrogens is 358 g/mol. The van der Waals surface area contributed by atoms with Crippen molar-refractivity contribution in [3.05, 3.63) is 87.7 Å². The normalized spacial score (nSPS) is 17.1. The molecule has 0 fully saturated rings. The minimum Gasteiger partial charge on any atom is -0.347 e. The van der Waals surface area contributed by atoms with Crippen molar-refractivity contribution >= 4 is 11.3 Å². The van der Waals surface area contributed by atoms with E-state index >= 15 is 0 Å². The number of imidazole rings is 1. The van der Waals surface area contributed by atoms with Gasteiger partial charge >= 0.3 is 0 Å². The Hall–Kier alpha value is -2.77. The van der Waals surface area contributed by atoms with E-state index in [-0.39, 0.29) is 6.04 Å². The Morgan fingerprint density at radius 2 is 2.11 bits per heavy atom. The average Bonchev–Trinajstić information content (AvgIpc) is 3.43. The fraction of sp³-hybridized carbons (Fsp3) is 0.250. The zero-order valence-corrected chi connectivity index (χ0v) is 15.5. The molecule has 1 N–H and O–H groups in total. The smallest absolute Gasteiger partial charge is 0.244 e. The Kier molecular flexibility index (Phi) is 4.31. The average molecular weight is 377 g/mol. The highest BCUT2D eigenvalue weighted by atomic mass is 32.1. The highest BCUT2D eigenvalue weighted by Crippen LogP contribution is 2.33. The number of benzene rings is 1. The van der Waals surface area contributed by atoms with Crippen molar-refractivity contribution in [1.29, 1.82) is 0 Å². The van der Waals surface area contributed by atoms with Gasteiger partial charge in [0.2, 0.25) is 5.89 Å². The van der Waals surface area contributed by atoms with Crippen molar-refractivity contribution in [2.24, 2.45) is 0 Å². The van der Waals surface area contributed by atoms with Crippen LogP contribution in [0.1, 0.15) is 39.6 Å². The maximum Gasteiger partial charge on any atom is 0.244 e. The van der Waals surface area contributed by atoms with Crippen molar-refractivity contribution in [3.8, 4) is 0 Å². The van der Waals surface area contributed by atoms with Crippen molar-refractivity contribution in [2.75, 3.05) is 0 Å². The summed E-state index contributed by atoms with van der Waals surface area (Å²) in [6.07, 6.45) is 3.22. The summed E-state index contributed by atoms with van der Waals surface area (Å²) >= 11 is 1.77. The van der Waals surface area contributed by atoms with Gasteiger partial charge in [-0.3, -0.25) is 4.90 Å². The molecule has 0 radical (unpaired) electrons. The lowest BCUT2D eigenvalue weighted by Gasteiger charge is -2.32. The first-order chi connectivity index (χ1) is 13.3. The first kappa shape index (κ1) is 16.4. The molecule has 1 aliphatic rings. The van der Waals surface area contributed by atoms with E-state index in [1.165, 1.54) is 16.1 Å². The van der Waals surface area contributed by atoms with Crippen molar-refractivity contribution in [1.82, 2.24) is 25.0 Å². The predicted molar refractivity (Wildman–Crippen MR) is 102 cm³/mol. The molecule has 27 heavy (non-hydrogen) atoms. The van der Waals surface area contributed by atoms with Crippen LogP contribution < -0.4 is 0 Å². The van der Waals surface area contributed by atoms with Gasteiger partial charge in [-0.05, 0) is 17.0 Å². The monoisotopic (exact) mass is 377 g/mol. The number of H-pyrrole nitrogens is 1. The lowest BCUT2D eigenvalue weighted by molar-refractivity contribution is 0.129. The summed E-state index contributed by atoms with van der Waals surface area (Å²) in [6.45, 7) is 1.66. The predicted octanol–water partition coefficient (Wildman–Crippen LogP) is 3.74. The maximum absolute atomic E-state index is 5.68. The molecule has 136 valence electrons. The van der Waals surface area contributed by atoms with Gasteiger partial charge in [-0.2, -0.15) is 4.98 Å². The quantitative estimate of drug-likeness (QED) is 0.574. The van der Waals surface area contributed by atoms with Crippen molar-refractivity contribution in [3.63, 3.8) is 0 Å². The number of hydrogen-bond acceptors (Lipinski definition) is 6. The molecule has 4 aromatic rings. The number of thiophene rings is 1. The number of aromatic nitrogens is 4. The molecule has 1 atom stereocenters. The van der Waals surface area contributed by atoms with Crippen LogP contribution in [0.15, 0.2) is 58.7 Å². The molecule has 0 spiro atoms. The number of nitrogens with one attached hydrogen (secondary N) is 1. The molecule has 7 heteroatoms. The molecule has 5 rings (SSSR count). The summed E-state index contributed by atoms with van der Waals surface area (Å²) in [6, 6.07) is 14.5. The van der Waals surface area contributed by atoms with Crippen LogP contribution in [0, 0.1) is 0 Å². The molecule has 0 amide bonds. The van der Waals surface area contributed by atoms with Gasteiger partial charge in [0.1, 0.15) is 0 Å². The van der Waals surface area contributed by atoms with Gasteiger partial charge in [0.05, 0.1) is 23.8 Å².